The molecule has 1 saturated carbocycles. The predicted octanol–water partition coefficient (Wildman–Crippen LogP) is 3.47. The van der Waals surface area contributed by atoms with Crippen LogP contribution in [0.3, 0.4) is 0 Å². The third-order valence-corrected chi connectivity index (χ3v) is 4.37. The summed E-state index contributed by atoms with van der Waals surface area (Å²) >= 11 is 3.31. The second kappa shape index (κ2) is 6.78. The summed E-state index contributed by atoms with van der Waals surface area (Å²) in [7, 11) is 0. The number of aromatic nitrogens is 3. The van der Waals surface area contributed by atoms with Gasteiger partial charge in [0.25, 0.3) is 5.91 Å². The van der Waals surface area contributed by atoms with E-state index in [1.54, 1.807) is 0 Å². The number of carbonyl (C=O) groups is 1. The second-order valence-electron chi connectivity index (χ2n) is 5.83. The van der Waals surface area contributed by atoms with Crippen molar-refractivity contribution >= 4 is 21.8 Å². The summed E-state index contributed by atoms with van der Waals surface area (Å²) in [6, 6.07) is 4.50. The molecule has 1 aliphatic rings. The average Bonchev–Trinajstić information content (AvgIpc) is 3.18. The summed E-state index contributed by atoms with van der Waals surface area (Å²) in [5, 5.41) is 11.1. The van der Waals surface area contributed by atoms with Crippen LogP contribution in [0, 0.1) is 11.7 Å². The van der Waals surface area contributed by atoms with Crippen molar-refractivity contribution in [2.24, 2.45) is 5.92 Å². The maximum Gasteiger partial charge on any atom is 0.273 e. The van der Waals surface area contributed by atoms with Gasteiger partial charge in [0, 0.05) is 4.47 Å². The fraction of sp³-hybridized carbons (Fsp3) is 0.438. The number of nitrogens with zero attached hydrogens (tertiary/aromatic N) is 3. The van der Waals surface area contributed by atoms with Crippen LogP contribution in [0.2, 0.25) is 0 Å². The van der Waals surface area contributed by atoms with Gasteiger partial charge in [-0.05, 0) is 43.0 Å². The Bertz CT molecular complexity index is 694. The zero-order valence-electron chi connectivity index (χ0n) is 12.8. The van der Waals surface area contributed by atoms with E-state index >= 15 is 0 Å². The lowest BCUT2D eigenvalue weighted by molar-refractivity contribution is 0.0927. The summed E-state index contributed by atoms with van der Waals surface area (Å²) in [6.07, 6.45) is 4.59. The van der Waals surface area contributed by atoms with Gasteiger partial charge < -0.3 is 5.32 Å². The fourth-order valence-electron chi connectivity index (χ4n) is 2.53. The number of hydrogen-bond acceptors (Lipinski definition) is 3. The van der Waals surface area contributed by atoms with Gasteiger partial charge in [-0.1, -0.05) is 28.8 Å². The largest absolute Gasteiger partial charge is 0.344 e. The highest BCUT2D eigenvalue weighted by atomic mass is 79.9. The van der Waals surface area contributed by atoms with E-state index < -0.39 is 0 Å². The molecule has 122 valence electrons. The third-order valence-electron chi connectivity index (χ3n) is 3.91. The molecule has 2 aromatic rings. The number of amides is 1. The van der Waals surface area contributed by atoms with Gasteiger partial charge >= 0.3 is 0 Å². The van der Waals surface area contributed by atoms with Crippen LogP contribution in [0.25, 0.3) is 0 Å². The Balaban J connectivity index is 1.79. The highest BCUT2D eigenvalue weighted by molar-refractivity contribution is 9.10. The Morgan fingerprint density at radius 2 is 2.26 bits per heavy atom. The lowest BCUT2D eigenvalue weighted by Gasteiger charge is -2.19. The van der Waals surface area contributed by atoms with E-state index in [1.165, 1.54) is 23.1 Å². The minimum Gasteiger partial charge on any atom is -0.344 e. The van der Waals surface area contributed by atoms with Crippen molar-refractivity contribution in [1.29, 1.82) is 0 Å². The molecule has 0 saturated heterocycles. The quantitative estimate of drug-likeness (QED) is 0.834. The van der Waals surface area contributed by atoms with E-state index in [4.69, 9.17) is 0 Å². The summed E-state index contributed by atoms with van der Waals surface area (Å²) in [5.41, 5.74) is 1.04. The van der Waals surface area contributed by atoms with Gasteiger partial charge in [-0.15, -0.1) is 5.10 Å². The van der Waals surface area contributed by atoms with E-state index in [-0.39, 0.29) is 23.5 Å². The molecule has 1 unspecified atom stereocenters. The molecule has 1 fully saturated rings. The normalized spacial score (nSPS) is 15.4. The molecule has 1 aliphatic carbocycles. The Morgan fingerprint density at radius 3 is 2.87 bits per heavy atom. The standard InChI is InChI=1S/C16H18BrFN4O/c1-2-22-19-9-15(21-22)16(23)20-14(5-10-3-4-10)11-6-12(17)8-13(18)7-11/h6-10,14H,2-5H2,1H3,(H,20,23). The maximum atomic E-state index is 13.7. The van der Waals surface area contributed by atoms with Gasteiger partial charge in [-0.2, -0.15) is 9.90 Å². The smallest absolute Gasteiger partial charge is 0.273 e. The average molecular weight is 381 g/mol. The molecule has 7 heteroatoms. The molecule has 1 amide bonds. The maximum absolute atomic E-state index is 13.7. The predicted molar refractivity (Wildman–Crippen MR) is 87.3 cm³/mol. The number of carbonyl (C=O) groups excluding carboxylic acids is 1. The third kappa shape index (κ3) is 4.16. The van der Waals surface area contributed by atoms with E-state index in [0.29, 0.717) is 16.9 Å². The van der Waals surface area contributed by atoms with Crippen LogP contribution in [-0.4, -0.2) is 20.9 Å². The minimum absolute atomic E-state index is 0.228. The van der Waals surface area contributed by atoms with Crippen molar-refractivity contribution in [2.45, 2.75) is 38.8 Å². The number of rotatable bonds is 6. The van der Waals surface area contributed by atoms with Crippen LogP contribution < -0.4 is 5.32 Å². The topological polar surface area (TPSA) is 59.8 Å². The van der Waals surface area contributed by atoms with Crippen LogP contribution >= 0.6 is 15.9 Å². The molecule has 3 rings (SSSR count). The molecule has 1 atom stereocenters. The van der Waals surface area contributed by atoms with Gasteiger partial charge in [0.05, 0.1) is 18.8 Å². The summed E-state index contributed by atoms with van der Waals surface area (Å²) in [5.74, 6) is -0.00857. The van der Waals surface area contributed by atoms with E-state index in [0.717, 1.165) is 24.8 Å². The Morgan fingerprint density at radius 1 is 1.48 bits per heavy atom. The zero-order chi connectivity index (χ0) is 16.4. The SMILES string of the molecule is CCn1ncc(C(=O)NC(CC2CC2)c2cc(F)cc(Br)c2)n1. The van der Waals surface area contributed by atoms with Crippen molar-refractivity contribution in [1.82, 2.24) is 20.3 Å². The molecular weight excluding hydrogens is 363 g/mol. The van der Waals surface area contributed by atoms with Crippen LogP contribution in [0.1, 0.15) is 48.3 Å². The van der Waals surface area contributed by atoms with Crippen molar-refractivity contribution in [2.75, 3.05) is 0 Å². The number of aryl methyl sites for hydroxylation is 1. The Hall–Kier alpha value is -1.76. The Kier molecular flexibility index (Phi) is 4.75. The van der Waals surface area contributed by atoms with Crippen LogP contribution in [0.5, 0.6) is 0 Å². The molecule has 0 aliphatic heterocycles. The van der Waals surface area contributed by atoms with Crippen molar-refractivity contribution in [3.63, 3.8) is 0 Å². The summed E-state index contributed by atoms with van der Waals surface area (Å²) in [4.78, 5) is 13.9. The molecule has 1 aromatic heterocycles. The first-order valence-electron chi connectivity index (χ1n) is 7.72. The van der Waals surface area contributed by atoms with Crippen molar-refractivity contribution in [3.8, 4) is 0 Å². The first-order valence-corrected chi connectivity index (χ1v) is 8.51. The van der Waals surface area contributed by atoms with Gasteiger partial charge in [0.15, 0.2) is 5.69 Å². The zero-order valence-corrected chi connectivity index (χ0v) is 14.4. The number of hydrogen-bond donors (Lipinski definition) is 1. The van der Waals surface area contributed by atoms with Gasteiger partial charge in [-0.25, -0.2) is 4.39 Å². The van der Waals surface area contributed by atoms with E-state index in [1.807, 2.05) is 13.0 Å². The first-order chi connectivity index (χ1) is 11.0. The number of benzene rings is 1. The summed E-state index contributed by atoms with van der Waals surface area (Å²) < 4.78 is 14.3. The highest BCUT2D eigenvalue weighted by Crippen LogP contribution is 2.38. The van der Waals surface area contributed by atoms with Crippen LogP contribution in [-0.2, 0) is 6.54 Å². The first kappa shape index (κ1) is 16.1. The molecule has 1 N–H and O–H groups in total. The van der Waals surface area contributed by atoms with E-state index in [9.17, 15) is 9.18 Å². The van der Waals surface area contributed by atoms with Gasteiger partial charge in [0.1, 0.15) is 5.82 Å². The van der Waals surface area contributed by atoms with E-state index in [2.05, 4.69) is 31.4 Å². The molecule has 0 bridgehead atoms. The van der Waals surface area contributed by atoms with Gasteiger partial charge in [0.2, 0.25) is 0 Å². The highest BCUT2D eigenvalue weighted by Gasteiger charge is 2.28. The number of halogens is 2. The molecule has 1 heterocycles. The van der Waals surface area contributed by atoms with Crippen LogP contribution in [0.15, 0.2) is 28.9 Å². The molecule has 0 spiro atoms. The molecular formula is C16H18BrFN4O. The van der Waals surface area contributed by atoms with Gasteiger partial charge in [-0.3, -0.25) is 4.79 Å². The summed E-state index contributed by atoms with van der Waals surface area (Å²) in [6.45, 7) is 2.51. The molecule has 1 aromatic carbocycles. The Labute approximate surface area is 142 Å². The fourth-order valence-corrected chi connectivity index (χ4v) is 3.01. The lowest BCUT2D eigenvalue weighted by Crippen LogP contribution is -2.29. The van der Waals surface area contributed by atoms with Crippen molar-refractivity contribution < 1.29 is 9.18 Å². The van der Waals surface area contributed by atoms with Crippen molar-refractivity contribution in [3.05, 3.63) is 45.9 Å². The van der Waals surface area contributed by atoms with Crippen LogP contribution in [0.4, 0.5) is 4.39 Å². The molecule has 0 radical (unpaired) electrons. The second-order valence-corrected chi connectivity index (χ2v) is 6.74. The molecule has 5 nitrogen and oxygen atoms in total. The molecule has 23 heavy (non-hydrogen) atoms. The lowest BCUT2D eigenvalue weighted by atomic mass is 10.0. The number of nitrogens with one attached hydrogen (secondary N) is 1. The monoisotopic (exact) mass is 380 g/mol. The minimum atomic E-state index is -0.318.